The van der Waals surface area contributed by atoms with Crippen LogP contribution in [0.25, 0.3) is 10.9 Å². The van der Waals surface area contributed by atoms with Crippen molar-refractivity contribution in [2.45, 2.75) is 32.4 Å². The Kier molecular flexibility index (Phi) is 3.79. The molecule has 1 N–H and O–H groups in total. The molecule has 25 heavy (non-hydrogen) atoms. The monoisotopic (exact) mass is 338 g/mol. The van der Waals surface area contributed by atoms with E-state index in [-0.39, 0.29) is 24.1 Å². The van der Waals surface area contributed by atoms with Crippen molar-refractivity contribution in [2.75, 3.05) is 5.32 Å². The fourth-order valence-corrected chi connectivity index (χ4v) is 2.96. The largest absolute Gasteiger partial charge is 0.309 e. The molecule has 0 bridgehead atoms. The predicted octanol–water partition coefficient (Wildman–Crippen LogP) is 1.60. The normalized spacial score (nSPS) is 15.2. The third-order valence-corrected chi connectivity index (χ3v) is 4.55. The van der Waals surface area contributed by atoms with Crippen LogP contribution in [0, 0.1) is 5.92 Å². The number of fused-ring (bicyclic) bond motifs is 1. The molecule has 0 spiro atoms. The number of hydrogen-bond acceptors (Lipinski definition) is 5. The van der Waals surface area contributed by atoms with E-state index >= 15 is 0 Å². The number of carbonyl (C=O) groups is 1. The smallest absolute Gasteiger partial charge is 0.278 e. The lowest BCUT2D eigenvalue weighted by atomic mass is 10.2. The minimum absolute atomic E-state index is 0.195. The van der Waals surface area contributed by atoms with Gasteiger partial charge in [-0.1, -0.05) is 17.3 Å². The molecule has 2 aromatic heterocycles. The molecule has 0 radical (unpaired) electrons. The second-order valence-corrected chi connectivity index (χ2v) is 6.36. The molecular weight excluding hydrogens is 320 g/mol. The van der Waals surface area contributed by atoms with Gasteiger partial charge in [-0.2, -0.15) is 5.10 Å². The quantitative estimate of drug-likeness (QED) is 0.762. The average molecular weight is 338 g/mol. The number of nitrogens with one attached hydrogen (secondary N) is 1. The number of carbonyl (C=O) groups excluding carboxylic acids is 1. The molecule has 1 aliphatic carbocycles. The lowest BCUT2D eigenvalue weighted by molar-refractivity contribution is -0.117. The summed E-state index contributed by atoms with van der Waals surface area (Å²) in [6, 6.07) is 8.93. The molecule has 4 rings (SSSR count). The first-order chi connectivity index (χ1) is 12.1. The van der Waals surface area contributed by atoms with Crippen molar-refractivity contribution in [3.8, 4) is 0 Å². The lowest BCUT2D eigenvalue weighted by Crippen LogP contribution is -2.31. The fourth-order valence-electron chi connectivity index (χ4n) is 2.96. The Bertz CT molecular complexity index is 988. The van der Waals surface area contributed by atoms with Crippen molar-refractivity contribution in [1.82, 2.24) is 24.8 Å². The molecule has 1 fully saturated rings. The van der Waals surface area contributed by atoms with Crippen molar-refractivity contribution >= 4 is 22.6 Å². The molecule has 1 atom stereocenters. The number of hydrogen-bond donors (Lipinski definition) is 1. The maximum atomic E-state index is 12.4. The van der Waals surface area contributed by atoms with Crippen LogP contribution in [0.5, 0.6) is 0 Å². The zero-order chi connectivity index (χ0) is 17.4. The van der Waals surface area contributed by atoms with E-state index in [0.29, 0.717) is 22.6 Å². The zero-order valence-electron chi connectivity index (χ0n) is 13.8. The Morgan fingerprint density at radius 2 is 2.12 bits per heavy atom. The van der Waals surface area contributed by atoms with E-state index in [4.69, 9.17) is 0 Å². The first-order valence-electron chi connectivity index (χ1n) is 8.29. The molecule has 128 valence electrons. The van der Waals surface area contributed by atoms with E-state index in [2.05, 4.69) is 27.7 Å². The van der Waals surface area contributed by atoms with Crippen LogP contribution in [0.2, 0.25) is 0 Å². The third kappa shape index (κ3) is 3.02. The van der Waals surface area contributed by atoms with Gasteiger partial charge in [0.2, 0.25) is 5.91 Å². The van der Waals surface area contributed by atoms with E-state index in [0.717, 1.165) is 4.68 Å². The Morgan fingerprint density at radius 1 is 1.32 bits per heavy atom. The number of aromatic nitrogens is 5. The Labute approximate surface area is 143 Å². The summed E-state index contributed by atoms with van der Waals surface area (Å²) in [5.41, 5.74) is 0.182. The Morgan fingerprint density at radius 3 is 2.92 bits per heavy atom. The van der Waals surface area contributed by atoms with E-state index in [1.54, 1.807) is 36.5 Å². The first-order valence-corrected chi connectivity index (χ1v) is 8.29. The SMILES string of the molecule is CC(C1CC1)n1nccc1NC(=O)Cn1nnc2ccccc2c1=O. The lowest BCUT2D eigenvalue weighted by Gasteiger charge is -2.15. The van der Waals surface area contributed by atoms with Crippen LogP contribution in [0.3, 0.4) is 0 Å². The molecule has 1 amide bonds. The van der Waals surface area contributed by atoms with E-state index in [1.165, 1.54) is 12.8 Å². The molecule has 1 aliphatic rings. The van der Waals surface area contributed by atoms with Gasteiger partial charge in [0, 0.05) is 6.07 Å². The summed E-state index contributed by atoms with van der Waals surface area (Å²) >= 11 is 0. The Hall–Kier alpha value is -3.03. The number of nitrogens with zero attached hydrogens (tertiary/aromatic N) is 5. The van der Waals surface area contributed by atoms with Crippen molar-refractivity contribution in [2.24, 2.45) is 5.92 Å². The number of benzene rings is 1. The summed E-state index contributed by atoms with van der Waals surface area (Å²) in [6.45, 7) is 1.90. The van der Waals surface area contributed by atoms with E-state index in [9.17, 15) is 9.59 Å². The van der Waals surface area contributed by atoms with Crippen LogP contribution in [0.4, 0.5) is 5.82 Å². The predicted molar refractivity (Wildman–Crippen MR) is 92.1 cm³/mol. The number of amides is 1. The topological polar surface area (TPSA) is 94.7 Å². The molecule has 0 saturated heterocycles. The first kappa shape index (κ1) is 15.5. The minimum atomic E-state index is -0.337. The van der Waals surface area contributed by atoms with Crippen LogP contribution in [0.15, 0.2) is 41.3 Å². The third-order valence-electron chi connectivity index (χ3n) is 4.55. The maximum Gasteiger partial charge on any atom is 0.278 e. The van der Waals surface area contributed by atoms with Crippen LogP contribution >= 0.6 is 0 Å². The molecule has 1 saturated carbocycles. The van der Waals surface area contributed by atoms with Gasteiger partial charge in [0.05, 0.1) is 17.6 Å². The van der Waals surface area contributed by atoms with Crippen molar-refractivity contribution in [1.29, 1.82) is 0 Å². The summed E-state index contributed by atoms with van der Waals surface area (Å²) in [5.74, 6) is 0.909. The molecule has 2 heterocycles. The highest BCUT2D eigenvalue weighted by atomic mass is 16.2. The fraction of sp³-hybridized carbons (Fsp3) is 0.353. The maximum absolute atomic E-state index is 12.4. The van der Waals surface area contributed by atoms with Crippen molar-refractivity contribution in [3.05, 3.63) is 46.9 Å². The summed E-state index contributed by atoms with van der Waals surface area (Å²) in [6.07, 6.45) is 4.05. The van der Waals surface area contributed by atoms with Crippen molar-refractivity contribution in [3.63, 3.8) is 0 Å². The van der Waals surface area contributed by atoms with Gasteiger partial charge in [-0.15, -0.1) is 5.10 Å². The summed E-state index contributed by atoms with van der Waals surface area (Å²) in [7, 11) is 0. The Balaban J connectivity index is 1.52. The van der Waals surface area contributed by atoms with Gasteiger partial charge in [-0.3, -0.25) is 9.59 Å². The van der Waals surface area contributed by atoms with Crippen molar-refractivity contribution < 1.29 is 4.79 Å². The van der Waals surface area contributed by atoms with Crippen LogP contribution < -0.4 is 10.9 Å². The molecule has 1 aromatic carbocycles. The number of anilines is 1. The van der Waals surface area contributed by atoms with Crippen LogP contribution in [0.1, 0.15) is 25.8 Å². The van der Waals surface area contributed by atoms with Gasteiger partial charge in [-0.25, -0.2) is 9.36 Å². The zero-order valence-corrected chi connectivity index (χ0v) is 13.8. The summed E-state index contributed by atoms with van der Waals surface area (Å²) < 4.78 is 2.90. The average Bonchev–Trinajstić information content (AvgIpc) is 3.37. The minimum Gasteiger partial charge on any atom is -0.309 e. The molecular formula is C17H18N6O2. The van der Waals surface area contributed by atoms with Gasteiger partial charge in [0.15, 0.2) is 0 Å². The molecule has 1 unspecified atom stereocenters. The van der Waals surface area contributed by atoms with Gasteiger partial charge in [-0.05, 0) is 37.8 Å². The van der Waals surface area contributed by atoms with Gasteiger partial charge >= 0.3 is 0 Å². The van der Waals surface area contributed by atoms with E-state index in [1.807, 2.05) is 4.68 Å². The highest BCUT2D eigenvalue weighted by molar-refractivity contribution is 5.89. The molecule has 0 aliphatic heterocycles. The van der Waals surface area contributed by atoms with Gasteiger partial charge in [0.25, 0.3) is 5.56 Å². The summed E-state index contributed by atoms with van der Waals surface area (Å²) in [4.78, 5) is 24.8. The highest BCUT2D eigenvalue weighted by Gasteiger charge is 2.30. The summed E-state index contributed by atoms with van der Waals surface area (Å²) in [5, 5.41) is 15.4. The van der Waals surface area contributed by atoms with Gasteiger partial charge in [0.1, 0.15) is 17.9 Å². The standard InChI is InChI=1S/C17H18N6O2/c1-11(12-6-7-12)23-15(8-9-18-23)19-16(24)10-22-17(25)13-4-2-3-5-14(13)20-21-22/h2-5,8-9,11-12H,6-7,10H2,1H3,(H,19,24). The molecule has 8 heteroatoms. The van der Waals surface area contributed by atoms with Crippen LogP contribution in [-0.4, -0.2) is 30.7 Å². The van der Waals surface area contributed by atoms with Gasteiger partial charge < -0.3 is 5.32 Å². The molecule has 8 nitrogen and oxygen atoms in total. The highest BCUT2D eigenvalue weighted by Crippen LogP contribution is 2.40. The number of rotatable bonds is 5. The second-order valence-electron chi connectivity index (χ2n) is 6.36. The molecule has 3 aromatic rings. The second kappa shape index (κ2) is 6.12. The van der Waals surface area contributed by atoms with E-state index < -0.39 is 0 Å². The van der Waals surface area contributed by atoms with Crippen LogP contribution in [-0.2, 0) is 11.3 Å².